The molecule has 1 fully saturated rings. The van der Waals surface area contributed by atoms with E-state index in [0.717, 1.165) is 18.1 Å². The summed E-state index contributed by atoms with van der Waals surface area (Å²) in [6.07, 6.45) is 9.60. The van der Waals surface area contributed by atoms with Crippen LogP contribution in [0.15, 0.2) is 30.6 Å². The number of fused-ring (bicyclic) bond motifs is 1. The van der Waals surface area contributed by atoms with Gasteiger partial charge in [-0.1, -0.05) is 19.4 Å². The van der Waals surface area contributed by atoms with Crippen molar-refractivity contribution < 1.29 is 0 Å². The fraction of sp³-hybridized carbons (Fsp3) is 0.562. The second kappa shape index (κ2) is 5.74. The van der Waals surface area contributed by atoms with Gasteiger partial charge >= 0.3 is 0 Å². The summed E-state index contributed by atoms with van der Waals surface area (Å²) in [4.78, 5) is 7.07. The zero-order chi connectivity index (χ0) is 13.1. The Labute approximate surface area is 115 Å². The summed E-state index contributed by atoms with van der Waals surface area (Å²) in [5, 5.41) is 0. The molecule has 1 unspecified atom stereocenters. The molecule has 0 aliphatic carbocycles. The lowest BCUT2D eigenvalue weighted by Crippen LogP contribution is -2.35. The zero-order valence-electron chi connectivity index (χ0n) is 11.8. The summed E-state index contributed by atoms with van der Waals surface area (Å²) >= 11 is 0. The highest BCUT2D eigenvalue weighted by Gasteiger charge is 2.20. The molecule has 0 spiro atoms. The molecule has 19 heavy (non-hydrogen) atoms. The molecule has 2 aromatic heterocycles. The lowest BCUT2D eigenvalue weighted by atomic mass is 9.94. The van der Waals surface area contributed by atoms with Crippen LogP contribution in [0.25, 0.3) is 5.65 Å². The molecule has 0 bridgehead atoms. The van der Waals surface area contributed by atoms with Crippen molar-refractivity contribution in [2.45, 2.75) is 39.2 Å². The minimum atomic E-state index is 0.901. The third-order valence-electron chi connectivity index (χ3n) is 4.18. The van der Waals surface area contributed by atoms with Gasteiger partial charge in [-0.2, -0.15) is 0 Å². The van der Waals surface area contributed by atoms with Crippen LogP contribution in [0.4, 0.5) is 0 Å². The quantitative estimate of drug-likeness (QED) is 0.837. The van der Waals surface area contributed by atoms with Crippen molar-refractivity contribution in [2.75, 3.05) is 13.1 Å². The van der Waals surface area contributed by atoms with Crippen molar-refractivity contribution in [1.82, 2.24) is 14.3 Å². The maximum atomic E-state index is 4.48. The number of likely N-dealkylation sites (tertiary alicyclic amines) is 1. The van der Waals surface area contributed by atoms with Gasteiger partial charge in [0, 0.05) is 19.3 Å². The average molecular weight is 257 g/mol. The van der Waals surface area contributed by atoms with E-state index in [2.05, 4.69) is 39.5 Å². The Morgan fingerprint density at radius 1 is 1.37 bits per heavy atom. The predicted molar refractivity (Wildman–Crippen MR) is 78.1 cm³/mol. The highest BCUT2D eigenvalue weighted by molar-refractivity contribution is 5.39. The van der Waals surface area contributed by atoms with Crippen molar-refractivity contribution in [3.05, 3.63) is 36.3 Å². The zero-order valence-corrected chi connectivity index (χ0v) is 11.8. The smallest absolute Gasteiger partial charge is 0.136 e. The summed E-state index contributed by atoms with van der Waals surface area (Å²) < 4.78 is 2.21. The largest absolute Gasteiger partial charge is 0.303 e. The molecular formula is C16H23N3. The molecule has 0 amide bonds. The molecular weight excluding hydrogens is 234 g/mol. The number of nitrogens with zero attached hydrogens (tertiary/aromatic N) is 3. The Morgan fingerprint density at radius 3 is 3.21 bits per heavy atom. The molecule has 0 radical (unpaired) electrons. The number of pyridine rings is 1. The van der Waals surface area contributed by atoms with Gasteiger partial charge in [-0.3, -0.25) is 4.90 Å². The van der Waals surface area contributed by atoms with Crippen LogP contribution in [-0.4, -0.2) is 27.4 Å². The van der Waals surface area contributed by atoms with Crippen LogP contribution in [0.3, 0.4) is 0 Å². The molecule has 2 aromatic rings. The van der Waals surface area contributed by atoms with Crippen molar-refractivity contribution in [3.8, 4) is 0 Å². The SMILES string of the molecule is CCCC1CCCN(Cc2cnc3ccccn23)C1. The van der Waals surface area contributed by atoms with Crippen LogP contribution in [0.1, 0.15) is 38.3 Å². The highest BCUT2D eigenvalue weighted by atomic mass is 15.2. The Balaban J connectivity index is 1.70. The van der Waals surface area contributed by atoms with E-state index in [-0.39, 0.29) is 0 Å². The van der Waals surface area contributed by atoms with Crippen molar-refractivity contribution >= 4 is 5.65 Å². The molecule has 102 valence electrons. The molecule has 3 nitrogen and oxygen atoms in total. The van der Waals surface area contributed by atoms with E-state index in [1.165, 1.54) is 44.5 Å². The number of rotatable bonds is 4. The van der Waals surface area contributed by atoms with Gasteiger partial charge in [-0.25, -0.2) is 4.98 Å². The molecule has 1 saturated heterocycles. The second-order valence-corrected chi connectivity index (χ2v) is 5.71. The van der Waals surface area contributed by atoms with Crippen molar-refractivity contribution in [2.24, 2.45) is 5.92 Å². The van der Waals surface area contributed by atoms with Gasteiger partial charge in [0.1, 0.15) is 5.65 Å². The van der Waals surface area contributed by atoms with Crippen LogP contribution >= 0.6 is 0 Å². The summed E-state index contributed by atoms with van der Waals surface area (Å²) in [5.74, 6) is 0.901. The lowest BCUT2D eigenvalue weighted by Gasteiger charge is -2.32. The van der Waals surface area contributed by atoms with E-state index in [1.54, 1.807) is 0 Å². The molecule has 1 aliphatic rings. The second-order valence-electron chi connectivity index (χ2n) is 5.71. The normalized spacial score (nSPS) is 21.0. The minimum absolute atomic E-state index is 0.901. The van der Waals surface area contributed by atoms with E-state index in [4.69, 9.17) is 0 Å². The maximum Gasteiger partial charge on any atom is 0.136 e. The van der Waals surface area contributed by atoms with E-state index >= 15 is 0 Å². The molecule has 3 rings (SSSR count). The first-order valence-corrected chi connectivity index (χ1v) is 7.50. The van der Waals surface area contributed by atoms with Crippen LogP contribution in [0, 0.1) is 5.92 Å². The Bertz CT molecular complexity index is 530. The first-order valence-electron chi connectivity index (χ1n) is 7.50. The number of piperidine rings is 1. The molecule has 1 aliphatic heterocycles. The monoisotopic (exact) mass is 257 g/mol. The summed E-state index contributed by atoms with van der Waals surface area (Å²) in [7, 11) is 0. The fourth-order valence-electron chi connectivity index (χ4n) is 3.27. The van der Waals surface area contributed by atoms with Crippen molar-refractivity contribution in [3.63, 3.8) is 0 Å². The predicted octanol–water partition coefficient (Wildman–Crippen LogP) is 3.35. The lowest BCUT2D eigenvalue weighted by molar-refractivity contribution is 0.159. The highest BCUT2D eigenvalue weighted by Crippen LogP contribution is 2.22. The standard InChI is InChI=1S/C16H23N3/c1-2-6-14-7-5-9-18(12-14)13-15-11-17-16-8-3-4-10-19(15)16/h3-4,8,10-11,14H,2,5-7,9,12-13H2,1H3. The van der Waals surface area contributed by atoms with Gasteiger partial charge in [0.05, 0.1) is 11.9 Å². The van der Waals surface area contributed by atoms with Gasteiger partial charge in [-0.05, 0) is 43.9 Å². The van der Waals surface area contributed by atoms with Crippen molar-refractivity contribution in [1.29, 1.82) is 0 Å². The maximum absolute atomic E-state index is 4.48. The van der Waals surface area contributed by atoms with Gasteiger partial charge < -0.3 is 4.40 Å². The third kappa shape index (κ3) is 2.81. The summed E-state index contributed by atoms with van der Waals surface area (Å²) in [6.45, 7) is 5.82. The summed E-state index contributed by atoms with van der Waals surface area (Å²) in [6, 6.07) is 6.19. The molecule has 0 N–H and O–H groups in total. The molecule has 1 atom stereocenters. The van der Waals surface area contributed by atoms with Crippen LogP contribution in [-0.2, 0) is 6.54 Å². The number of aromatic nitrogens is 2. The number of hydrogen-bond donors (Lipinski definition) is 0. The van der Waals surface area contributed by atoms with Gasteiger partial charge in [-0.15, -0.1) is 0 Å². The summed E-state index contributed by atoms with van der Waals surface area (Å²) in [5.41, 5.74) is 2.37. The number of hydrogen-bond acceptors (Lipinski definition) is 2. The first kappa shape index (κ1) is 12.7. The topological polar surface area (TPSA) is 20.5 Å². The Morgan fingerprint density at radius 2 is 2.32 bits per heavy atom. The van der Waals surface area contributed by atoms with Crippen LogP contribution in [0.5, 0.6) is 0 Å². The minimum Gasteiger partial charge on any atom is -0.303 e. The van der Waals surface area contributed by atoms with E-state index < -0.39 is 0 Å². The molecule has 0 saturated carbocycles. The van der Waals surface area contributed by atoms with Gasteiger partial charge in [0.2, 0.25) is 0 Å². The Kier molecular flexibility index (Phi) is 3.83. The number of imidazole rings is 1. The third-order valence-corrected chi connectivity index (χ3v) is 4.18. The average Bonchev–Trinajstić information content (AvgIpc) is 2.83. The van der Waals surface area contributed by atoms with Crippen LogP contribution < -0.4 is 0 Å². The fourth-order valence-corrected chi connectivity index (χ4v) is 3.27. The molecule has 0 aromatic carbocycles. The van der Waals surface area contributed by atoms with E-state index in [9.17, 15) is 0 Å². The molecule has 3 heterocycles. The van der Waals surface area contributed by atoms with Crippen LogP contribution in [0.2, 0.25) is 0 Å². The van der Waals surface area contributed by atoms with Gasteiger partial charge in [0.15, 0.2) is 0 Å². The van der Waals surface area contributed by atoms with Gasteiger partial charge in [0.25, 0.3) is 0 Å². The molecule has 3 heteroatoms. The Hall–Kier alpha value is -1.35. The first-order chi connectivity index (χ1) is 9.36. The van der Waals surface area contributed by atoms with E-state index in [1.807, 2.05) is 12.3 Å². The van der Waals surface area contributed by atoms with E-state index in [0.29, 0.717) is 0 Å².